The highest BCUT2D eigenvalue weighted by Crippen LogP contribution is 2.30. The summed E-state index contributed by atoms with van der Waals surface area (Å²) in [6.07, 6.45) is 1.02. The Kier molecular flexibility index (Phi) is 7.07. The molecule has 0 heterocycles. The number of halogens is 3. The SMILES string of the molecule is O=S(=O)(c1ccc(Cl)cc1)N(Cc1ccccc1CCCO)c1cc(F)ccc1F. The first-order valence-electron chi connectivity index (χ1n) is 9.24. The molecule has 0 bridgehead atoms. The molecule has 0 saturated heterocycles. The van der Waals surface area contributed by atoms with Gasteiger partial charge in [0.2, 0.25) is 0 Å². The number of aliphatic hydroxyl groups excluding tert-OH is 1. The highest BCUT2D eigenvalue weighted by atomic mass is 35.5. The Hall–Kier alpha value is -2.48. The average Bonchev–Trinajstić information content (AvgIpc) is 2.73. The van der Waals surface area contributed by atoms with Gasteiger partial charge >= 0.3 is 0 Å². The van der Waals surface area contributed by atoms with Gasteiger partial charge < -0.3 is 5.11 Å². The zero-order valence-electron chi connectivity index (χ0n) is 15.9. The van der Waals surface area contributed by atoms with Crippen LogP contribution in [0.25, 0.3) is 0 Å². The summed E-state index contributed by atoms with van der Waals surface area (Å²) in [5.74, 6) is -1.61. The molecule has 1 N–H and O–H groups in total. The third-order valence-electron chi connectivity index (χ3n) is 4.62. The first kappa shape index (κ1) is 22.2. The van der Waals surface area contributed by atoms with Crippen LogP contribution in [0, 0.1) is 11.6 Å². The van der Waals surface area contributed by atoms with E-state index in [9.17, 15) is 17.2 Å². The standard InChI is InChI=1S/C22H20ClF2NO3S/c23-18-7-10-20(11-8-18)30(28,29)26(22-14-19(24)9-12-21(22)25)15-17-5-2-1-4-16(17)6-3-13-27/h1-2,4-5,7-12,14,27H,3,6,13,15H2. The van der Waals surface area contributed by atoms with Gasteiger partial charge in [0.25, 0.3) is 10.0 Å². The minimum Gasteiger partial charge on any atom is -0.396 e. The summed E-state index contributed by atoms with van der Waals surface area (Å²) in [4.78, 5) is -0.0941. The number of sulfonamides is 1. The lowest BCUT2D eigenvalue weighted by Gasteiger charge is -2.26. The maximum absolute atomic E-state index is 14.6. The van der Waals surface area contributed by atoms with Crippen molar-refractivity contribution in [2.45, 2.75) is 24.3 Å². The van der Waals surface area contributed by atoms with Crippen LogP contribution in [-0.2, 0) is 23.0 Å². The Morgan fingerprint density at radius 2 is 1.60 bits per heavy atom. The maximum Gasteiger partial charge on any atom is 0.264 e. The van der Waals surface area contributed by atoms with E-state index in [0.29, 0.717) is 23.4 Å². The molecule has 0 aliphatic carbocycles. The van der Waals surface area contributed by atoms with Crippen LogP contribution >= 0.6 is 11.6 Å². The van der Waals surface area contributed by atoms with Crippen molar-refractivity contribution in [3.05, 3.63) is 94.5 Å². The molecular formula is C22H20ClF2NO3S. The molecule has 3 aromatic carbocycles. The molecule has 0 fully saturated rings. The lowest BCUT2D eigenvalue weighted by molar-refractivity contribution is 0.288. The van der Waals surface area contributed by atoms with Crippen molar-refractivity contribution in [2.75, 3.05) is 10.9 Å². The number of anilines is 1. The summed E-state index contributed by atoms with van der Waals surface area (Å²) in [5.41, 5.74) is 1.06. The fraction of sp³-hybridized carbons (Fsp3) is 0.182. The number of benzene rings is 3. The van der Waals surface area contributed by atoms with E-state index < -0.39 is 21.7 Å². The van der Waals surface area contributed by atoms with Crippen LogP contribution in [0.3, 0.4) is 0 Å². The molecule has 3 aromatic rings. The van der Waals surface area contributed by atoms with E-state index in [-0.39, 0.29) is 23.7 Å². The fourth-order valence-corrected chi connectivity index (χ4v) is 4.66. The molecule has 0 radical (unpaired) electrons. The van der Waals surface area contributed by atoms with Crippen molar-refractivity contribution >= 4 is 27.3 Å². The second kappa shape index (κ2) is 9.55. The van der Waals surface area contributed by atoms with Crippen LogP contribution in [0.2, 0.25) is 5.02 Å². The number of hydrogen-bond acceptors (Lipinski definition) is 3. The lowest BCUT2D eigenvalue weighted by Crippen LogP contribution is -2.32. The normalized spacial score (nSPS) is 11.5. The van der Waals surface area contributed by atoms with Crippen molar-refractivity contribution < 1.29 is 22.3 Å². The second-order valence-corrected chi connectivity index (χ2v) is 8.96. The Balaban J connectivity index is 2.12. The molecule has 0 saturated carbocycles. The smallest absolute Gasteiger partial charge is 0.264 e. The molecule has 0 aliphatic heterocycles. The van der Waals surface area contributed by atoms with Crippen LogP contribution in [0.4, 0.5) is 14.5 Å². The van der Waals surface area contributed by atoms with E-state index in [1.54, 1.807) is 18.2 Å². The monoisotopic (exact) mass is 451 g/mol. The first-order valence-corrected chi connectivity index (χ1v) is 11.1. The van der Waals surface area contributed by atoms with E-state index in [0.717, 1.165) is 28.1 Å². The molecule has 158 valence electrons. The quantitative estimate of drug-likeness (QED) is 0.527. The number of rotatable bonds is 8. The summed E-state index contributed by atoms with van der Waals surface area (Å²) in [5, 5.41) is 9.49. The number of aliphatic hydroxyl groups is 1. The zero-order chi connectivity index (χ0) is 21.7. The summed E-state index contributed by atoms with van der Waals surface area (Å²) in [7, 11) is -4.23. The van der Waals surface area contributed by atoms with Crippen molar-refractivity contribution in [1.29, 1.82) is 0 Å². The molecule has 4 nitrogen and oxygen atoms in total. The zero-order valence-corrected chi connectivity index (χ0v) is 17.5. The van der Waals surface area contributed by atoms with Gasteiger partial charge in [-0.15, -0.1) is 0 Å². The van der Waals surface area contributed by atoms with Gasteiger partial charge in [-0.25, -0.2) is 17.2 Å². The van der Waals surface area contributed by atoms with Crippen LogP contribution in [0.5, 0.6) is 0 Å². The van der Waals surface area contributed by atoms with Crippen molar-refractivity contribution in [2.24, 2.45) is 0 Å². The topological polar surface area (TPSA) is 57.6 Å². The van der Waals surface area contributed by atoms with Gasteiger partial charge in [-0.05, 0) is 60.4 Å². The fourth-order valence-electron chi connectivity index (χ4n) is 3.09. The molecule has 0 aromatic heterocycles. The Bertz CT molecular complexity index is 1120. The molecule has 3 rings (SSSR count). The molecule has 8 heteroatoms. The molecule has 0 unspecified atom stereocenters. The second-order valence-electron chi connectivity index (χ2n) is 6.66. The van der Waals surface area contributed by atoms with Crippen LogP contribution in [0.1, 0.15) is 17.5 Å². The van der Waals surface area contributed by atoms with Gasteiger partial charge in [0.1, 0.15) is 11.6 Å². The van der Waals surface area contributed by atoms with Gasteiger partial charge in [-0.2, -0.15) is 0 Å². The Morgan fingerprint density at radius 3 is 2.27 bits per heavy atom. The molecule has 30 heavy (non-hydrogen) atoms. The van der Waals surface area contributed by atoms with Crippen LogP contribution in [-0.4, -0.2) is 20.1 Å². The van der Waals surface area contributed by atoms with Gasteiger partial charge in [0.05, 0.1) is 17.1 Å². The molecular weight excluding hydrogens is 432 g/mol. The number of nitrogens with zero attached hydrogens (tertiary/aromatic N) is 1. The van der Waals surface area contributed by atoms with E-state index in [1.165, 1.54) is 24.3 Å². The summed E-state index contributed by atoms with van der Waals surface area (Å²) < 4.78 is 56.1. The number of aryl methyl sites for hydroxylation is 1. The minimum absolute atomic E-state index is 0.0142. The van der Waals surface area contributed by atoms with E-state index >= 15 is 0 Å². The predicted octanol–water partition coefficient (Wildman–Crippen LogP) is 4.94. The summed E-state index contributed by atoms with van der Waals surface area (Å²) in [6.45, 7) is -0.216. The van der Waals surface area contributed by atoms with Crippen LogP contribution < -0.4 is 4.31 Å². The molecule has 0 atom stereocenters. The van der Waals surface area contributed by atoms with E-state index in [4.69, 9.17) is 16.7 Å². The summed E-state index contributed by atoms with van der Waals surface area (Å²) in [6, 6.07) is 15.3. The first-order chi connectivity index (χ1) is 14.3. The third kappa shape index (κ3) is 4.98. The predicted molar refractivity (Wildman–Crippen MR) is 113 cm³/mol. The Morgan fingerprint density at radius 1 is 0.933 bits per heavy atom. The van der Waals surface area contributed by atoms with Gasteiger partial charge in [-0.1, -0.05) is 35.9 Å². The van der Waals surface area contributed by atoms with Crippen molar-refractivity contribution in [1.82, 2.24) is 0 Å². The minimum atomic E-state index is -4.23. The average molecular weight is 452 g/mol. The third-order valence-corrected chi connectivity index (χ3v) is 6.64. The molecule has 0 aliphatic rings. The number of hydrogen-bond donors (Lipinski definition) is 1. The van der Waals surface area contributed by atoms with E-state index in [2.05, 4.69) is 0 Å². The van der Waals surface area contributed by atoms with Gasteiger partial charge in [0, 0.05) is 17.7 Å². The molecule has 0 amide bonds. The lowest BCUT2D eigenvalue weighted by atomic mass is 10.0. The van der Waals surface area contributed by atoms with Gasteiger partial charge in [-0.3, -0.25) is 4.31 Å². The molecule has 0 spiro atoms. The van der Waals surface area contributed by atoms with Crippen LogP contribution in [0.15, 0.2) is 71.6 Å². The van der Waals surface area contributed by atoms with Gasteiger partial charge in [0.15, 0.2) is 0 Å². The van der Waals surface area contributed by atoms with Crippen molar-refractivity contribution in [3.63, 3.8) is 0 Å². The highest BCUT2D eigenvalue weighted by Gasteiger charge is 2.28. The maximum atomic E-state index is 14.6. The largest absolute Gasteiger partial charge is 0.396 e. The Labute approximate surface area is 179 Å². The summed E-state index contributed by atoms with van der Waals surface area (Å²) >= 11 is 5.86. The van der Waals surface area contributed by atoms with E-state index in [1.807, 2.05) is 6.07 Å². The highest BCUT2D eigenvalue weighted by molar-refractivity contribution is 7.92. The van der Waals surface area contributed by atoms with Crippen molar-refractivity contribution in [3.8, 4) is 0 Å².